The van der Waals surface area contributed by atoms with Gasteiger partial charge in [-0.3, -0.25) is 14.4 Å². The Bertz CT molecular complexity index is 2980. The average Bonchev–Trinajstić information content (AvgIpc) is 3.99. The van der Waals surface area contributed by atoms with Gasteiger partial charge in [0.1, 0.15) is 48.3 Å². The number of sulfone groups is 1. The zero-order chi connectivity index (χ0) is 53.2. The number of aliphatic hydroxyl groups excluding tert-OH is 1. The van der Waals surface area contributed by atoms with E-state index in [0.717, 1.165) is 82.5 Å². The van der Waals surface area contributed by atoms with Crippen LogP contribution in [-0.4, -0.2) is 122 Å². The van der Waals surface area contributed by atoms with E-state index >= 15 is 0 Å². The third-order valence-electron chi connectivity index (χ3n) is 13.3. The number of aromatic hydroxyl groups is 1. The monoisotopic (exact) mass is 1050 g/mol. The number of carbonyl (C=O) groups excluding carboxylic acids is 3. The second-order valence-corrected chi connectivity index (χ2v) is 22.9. The van der Waals surface area contributed by atoms with Crippen LogP contribution >= 0.6 is 11.3 Å². The van der Waals surface area contributed by atoms with Crippen molar-refractivity contribution >= 4 is 49.7 Å². The molecule has 4 N–H and O–H groups in total. The predicted molar refractivity (Wildman–Crippen MR) is 289 cm³/mol. The fourth-order valence-electron chi connectivity index (χ4n) is 9.05. The molecule has 4 atom stereocenters. The number of hydrogen-bond acceptors (Lipinski definition) is 13. The molecule has 3 amide bonds. The van der Waals surface area contributed by atoms with Gasteiger partial charge in [-0.25, -0.2) is 13.4 Å². The molecule has 394 valence electrons. The van der Waals surface area contributed by atoms with Crippen molar-refractivity contribution in [1.82, 2.24) is 25.4 Å². The van der Waals surface area contributed by atoms with Crippen LogP contribution in [0.15, 0.2) is 114 Å². The molecule has 0 bridgehead atoms. The van der Waals surface area contributed by atoms with Gasteiger partial charge in [0, 0.05) is 43.3 Å². The number of thiazole rings is 1. The van der Waals surface area contributed by atoms with Crippen LogP contribution in [0.3, 0.4) is 0 Å². The highest BCUT2D eigenvalue weighted by Gasteiger charge is 2.44. The number of β-amino-alcohol motifs (C(OH)–C–C–N with tert-alkyl or cyclic N) is 1. The molecule has 2 heterocycles. The Morgan fingerprint density at radius 2 is 1.58 bits per heavy atom. The number of nitrogens with zero attached hydrogens (tertiary/aromatic N) is 3. The number of aryl methyl sites for hydroxylation is 1. The van der Waals surface area contributed by atoms with Gasteiger partial charge >= 0.3 is 0 Å². The zero-order valence-corrected chi connectivity index (χ0v) is 44.9. The number of unbranched alkanes of at least 4 members (excludes halogenated alkanes) is 2. The van der Waals surface area contributed by atoms with E-state index in [2.05, 4.69) is 27.4 Å². The maximum absolute atomic E-state index is 14.1. The van der Waals surface area contributed by atoms with Crippen LogP contribution in [0.5, 0.6) is 23.0 Å². The topological polar surface area (TPSA) is 197 Å². The Hall–Kier alpha value is -6.37. The number of phenols is 1. The summed E-state index contributed by atoms with van der Waals surface area (Å²) < 4.78 is 42.5. The normalized spacial score (nSPS) is 15.8. The molecule has 1 aliphatic heterocycles. The maximum Gasteiger partial charge on any atom is 0.246 e. The molecule has 1 fully saturated rings. The molecular formula is C57H69N5O10S2. The van der Waals surface area contributed by atoms with Crippen molar-refractivity contribution in [3.63, 3.8) is 0 Å². The summed E-state index contributed by atoms with van der Waals surface area (Å²) in [4.78, 5) is 50.3. The molecule has 1 saturated heterocycles. The van der Waals surface area contributed by atoms with Gasteiger partial charge in [-0.2, -0.15) is 0 Å². The number of aliphatic hydroxyl groups is 1. The Balaban J connectivity index is 0.818. The minimum absolute atomic E-state index is 0.0132. The van der Waals surface area contributed by atoms with Gasteiger partial charge in [0.15, 0.2) is 9.84 Å². The lowest BCUT2D eigenvalue weighted by atomic mass is 9.85. The number of hydrogen-bond donors (Lipinski definition) is 4. The molecule has 0 radical (unpaired) electrons. The lowest BCUT2D eigenvalue weighted by Gasteiger charge is -2.35. The number of ether oxygens (including phenoxy) is 3. The van der Waals surface area contributed by atoms with E-state index in [0.29, 0.717) is 30.5 Å². The number of fused-ring (bicyclic) bond motifs is 1. The fourth-order valence-corrected chi connectivity index (χ4v) is 10.5. The van der Waals surface area contributed by atoms with Crippen LogP contribution in [0.25, 0.3) is 32.3 Å². The van der Waals surface area contributed by atoms with E-state index in [-0.39, 0.29) is 42.2 Å². The molecule has 7 rings (SSSR count). The van der Waals surface area contributed by atoms with Crippen LogP contribution in [-0.2, 0) is 29.0 Å². The summed E-state index contributed by atoms with van der Waals surface area (Å²) >= 11 is 1.57. The van der Waals surface area contributed by atoms with Crippen LogP contribution in [0.2, 0.25) is 0 Å². The highest BCUT2D eigenvalue weighted by molar-refractivity contribution is 7.90. The SMILES string of the molecule is CCN(CCCCCOCC(=O)N[C@H](C(=O)N1C[C@H](O)C[C@H]1C(=O)N[C@@H](C)c1ccc(-c2scnc2C)cc1)C(C)(C)C)CCOc1ccc(Oc2c(-c3ccc(S(C)(=O)=O)cc3)ccc3cc(O)ccc23)cc1. The largest absolute Gasteiger partial charge is 0.508 e. The first-order valence-electron chi connectivity index (χ1n) is 25.1. The highest BCUT2D eigenvalue weighted by atomic mass is 32.2. The summed E-state index contributed by atoms with van der Waals surface area (Å²) in [6.07, 6.45) is 2.98. The van der Waals surface area contributed by atoms with Crippen molar-refractivity contribution in [2.75, 3.05) is 52.3 Å². The standard InChI is InChI=1S/C57H69N5O10S2/c1-8-61(29-31-71-45-20-22-46(23-21-45)72-52-48(26-18-42-32-43(63)19-27-49(42)52)40-16-24-47(25-17-40)74(7,68)69)28-10-9-11-30-70-35-51(65)60-54(57(4,5)6)56(67)62-34-44(64)33-50(62)55(66)59-37(2)39-12-14-41(15-13-39)53-38(3)58-36-73-53/h12-27,32,36-37,44,50,54,63-64H,8-11,28-31,33-35H2,1-7H3,(H,59,66)(H,60,65)/t37-,44+,50-,54+/m0/s1. The molecule has 74 heavy (non-hydrogen) atoms. The van der Waals surface area contributed by atoms with Crippen LogP contribution < -0.4 is 20.1 Å². The summed E-state index contributed by atoms with van der Waals surface area (Å²) in [5, 5.41) is 28.3. The predicted octanol–water partition coefficient (Wildman–Crippen LogP) is 9.10. The number of likely N-dealkylation sites (tertiary alicyclic amines) is 1. The van der Waals surface area contributed by atoms with Gasteiger partial charge in [0.2, 0.25) is 17.7 Å². The molecule has 0 spiro atoms. The number of phenolic OH excluding ortho intramolecular Hbond substituents is 1. The molecule has 1 aliphatic rings. The lowest BCUT2D eigenvalue weighted by Crippen LogP contribution is -2.58. The quantitative estimate of drug-likeness (QED) is 0.0445. The number of rotatable bonds is 23. The van der Waals surface area contributed by atoms with Gasteiger partial charge in [0.25, 0.3) is 0 Å². The van der Waals surface area contributed by atoms with E-state index in [4.69, 9.17) is 14.2 Å². The van der Waals surface area contributed by atoms with Gasteiger partial charge in [0.05, 0.1) is 33.1 Å². The van der Waals surface area contributed by atoms with E-state index < -0.39 is 45.3 Å². The van der Waals surface area contributed by atoms with Gasteiger partial charge < -0.3 is 44.9 Å². The molecule has 17 heteroatoms. The van der Waals surface area contributed by atoms with Crippen LogP contribution in [0, 0.1) is 12.3 Å². The third kappa shape index (κ3) is 14.5. The number of likely N-dealkylation sites (N-methyl/N-ethyl adjacent to an activating group) is 1. The van der Waals surface area contributed by atoms with Crippen molar-refractivity contribution in [3.05, 3.63) is 120 Å². The minimum Gasteiger partial charge on any atom is -0.508 e. The second kappa shape index (κ2) is 24.8. The number of carbonyl (C=O) groups is 3. The third-order valence-corrected chi connectivity index (χ3v) is 15.4. The molecule has 0 saturated carbocycles. The van der Waals surface area contributed by atoms with Crippen molar-refractivity contribution in [1.29, 1.82) is 0 Å². The maximum atomic E-state index is 14.1. The molecule has 1 aromatic heterocycles. The molecule has 5 aromatic carbocycles. The molecule has 6 aromatic rings. The summed E-state index contributed by atoms with van der Waals surface area (Å²) in [6, 6.07) is 28.7. The highest BCUT2D eigenvalue weighted by Crippen LogP contribution is 2.41. The first-order chi connectivity index (χ1) is 35.3. The van der Waals surface area contributed by atoms with E-state index in [1.807, 2.05) is 101 Å². The molecule has 0 aliphatic carbocycles. The van der Waals surface area contributed by atoms with Crippen LogP contribution in [0.1, 0.15) is 77.6 Å². The first kappa shape index (κ1) is 55.4. The minimum atomic E-state index is -3.36. The van der Waals surface area contributed by atoms with Crippen LogP contribution in [0.4, 0.5) is 0 Å². The van der Waals surface area contributed by atoms with Crippen molar-refractivity contribution in [2.24, 2.45) is 5.41 Å². The lowest BCUT2D eigenvalue weighted by molar-refractivity contribution is -0.144. The number of amides is 3. The van der Waals surface area contributed by atoms with Crippen molar-refractivity contribution in [3.8, 4) is 44.6 Å². The molecular weight excluding hydrogens is 979 g/mol. The summed E-state index contributed by atoms with van der Waals surface area (Å²) in [5.41, 5.74) is 5.59. The Kier molecular flexibility index (Phi) is 18.5. The Labute approximate surface area is 438 Å². The Morgan fingerprint density at radius 3 is 2.24 bits per heavy atom. The smallest absolute Gasteiger partial charge is 0.246 e. The number of nitrogens with one attached hydrogen (secondary N) is 2. The van der Waals surface area contributed by atoms with Gasteiger partial charge in [-0.15, -0.1) is 11.3 Å². The summed E-state index contributed by atoms with van der Waals surface area (Å²) in [6.45, 7) is 14.6. The van der Waals surface area contributed by atoms with Crippen molar-refractivity contribution < 1.29 is 47.2 Å². The average molecular weight is 1050 g/mol. The molecule has 0 unspecified atom stereocenters. The number of benzene rings is 5. The van der Waals surface area contributed by atoms with E-state index in [1.165, 1.54) is 11.2 Å². The molecule has 15 nitrogen and oxygen atoms in total. The van der Waals surface area contributed by atoms with Gasteiger partial charge in [-0.05, 0) is 134 Å². The van der Waals surface area contributed by atoms with E-state index in [9.17, 15) is 33.0 Å². The summed E-state index contributed by atoms with van der Waals surface area (Å²) in [7, 11) is -3.36. The number of aromatic nitrogens is 1. The zero-order valence-electron chi connectivity index (χ0n) is 43.3. The second-order valence-electron chi connectivity index (χ2n) is 20.0. The Morgan fingerprint density at radius 1 is 0.878 bits per heavy atom. The van der Waals surface area contributed by atoms with Crippen molar-refractivity contribution in [2.45, 2.75) is 96.4 Å². The fraction of sp³-hybridized carbons (Fsp3) is 0.404. The first-order valence-corrected chi connectivity index (χ1v) is 27.9. The summed E-state index contributed by atoms with van der Waals surface area (Å²) in [5.74, 6) is 0.762. The van der Waals surface area contributed by atoms with Gasteiger partial charge in [-0.1, -0.05) is 70.2 Å². The van der Waals surface area contributed by atoms with E-state index in [1.54, 1.807) is 53.8 Å².